The van der Waals surface area contributed by atoms with Gasteiger partial charge in [-0.25, -0.2) is 0 Å². The van der Waals surface area contributed by atoms with Crippen LogP contribution in [0.25, 0.3) is 0 Å². The molecule has 2 heteroatoms. The van der Waals surface area contributed by atoms with Crippen LogP contribution in [-0.2, 0) is 0 Å². The van der Waals surface area contributed by atoms with Gasteiger partial charge >= 0.3 is 105 Å². The van der Waals surface area contributed by atoms with E-state index < -0.39 is 13.5 Å². The van der Waals surface area contributed by atoms with Crippen molar-refractivity contribution >= 4 is 23.5 Å². The molecule has 0 aliphatic heterocycles. The SMILES string of the molecule is CCCCCCCCCCCCCCS[As](C)C. The third-order valence-electron chi connectivity index (χ3n) is 3.35. The van der Waals surface area contributed by atoms with Crippen LogP contribution in [0.4, 0.5) is 0 Å². The molecule has 0 atom stereocenters. The standard InChI is InChI=1S/C16H35AsS/c1-4-5-6-7-8-9-10-11-12-13-14-15-16-18-17(2)3/h4-16H2,1-3H3. The van der Waals surface area contributed by atoms with Crippen molar-refractivity contribution in [2.75, 3.05) is 5.75 Å². The Morgan fingerprint density at radius 3 is 1.39 bits per heavy atom. The van der Waals surface area contributed by atoms with Gasteiger partial charge in [-0.1, -0.05) is 19.8 Å². The molecule has 0 heterocycles. The summed E-state index contributed by atoms with van der Waals surface area (Å²) < 4.78 is 0. The molecule has 0 aliphatic rings. The Bertz CT molecular complexity index is 148. The molecule has 0 amide bonds. The van der Waals surface area contributed by atoms with E-state index >= 15 is 0 Å². The second-order valence-corrected chi connectivity index (χ2v) is 15.0. The fourth-order valence-electron chi connectivity index (χ4n) is 2.19. The molecule has 0 saturated heterocycles. The zero-order valence-electron chi connectivity index (χ0n) is 13.0. The van der Waals surface area contributed by atoms with Gasteiger partial charge in [0.25, 0.3) is 0 Å². The van der Waals surface area contributed by atoms with Gasteiger partial charge in [0.05, 0.1) is 0 Å². The van der Waals surface area contributed by atoms with Crippen molar-refractivity contribution in [3.8, 4) is 0 Å². The molecule has 0 saturated carbocycles. The van der Waals surface area contributed by atoms with Crippen LogP contribution in [0.15, 0.2) is 0 Å². The molecule has 0 aromatic carbocycles. The average Bonchev–Trinajstić information content (AvgIpc) is 2.34. The molecule has 0 spiro atoms. The van der Waals surface area contributed by atoms with Gasteiger partial charge in [0.2, 0.25) is 0 Å². The van der Waals surface area contributed by atoms with Gasteiger partial charge in [-0.05, 0) is 0 Å². The average molecular weight is 334 g/mol. The minimum atomic E-state index is -0.399. The molecule has 0 nitrogen and oxygen atoms in total. The van der Waals surface area contributed by atoms with Crippen molar-refractivity contribution < 1.29 is 0 Å². The van der Waals surface area contributed by atoms with Gasteiger partial charge in [0.15, 0.2) is 0 Å². The van der Waals surface area contributed by atoms with Crippen LogP contribution in [-0.4, -0.2) is 19.2 Å². The van der Waals surface area contributed by atoms with E-state index in [4.69, 9.17) is 0 Å². The van der Waals surface area contributed by atoms with Gasteiger partial charge < -0.3 is 0 Å². The first-order chi connectivity index (χ1) is 8.77. The van der Waals surface area contributed by atoms with Crippen molar-refractivity contribution in [3.05, 3.63) is 0 Å². The predicted octanol–water partition coefficient (Wildman–Crippen LogP) is 6.67. The van der Waals surface area contributed by atoms with Gasteiger partial charge in [-0.2, -0.15) is 0 Å². The van der Waals surface area contributed by atoms with Crippen LogP contribution in [0.1, 0.15) is 84.0 Å². The molecule has 110 valence electrons. The first-order valence-electron chi connectivity index (χ1n) is 8.07. The van der Waals surface area contributed by atoms with E-state index in [1.165, 1.54) is 82.8 Å². The number of hydrogen-bond donors (Lipinski definition) is 0. The van der Waals surface area contributed by atoms with E-state index in [9.17, 15) is 0 Å². The summed E-state index contributed by atoms with van der Waals surface area (Å²) in [7, 11) is 2.26. The summed E-state index contributed by atoms with van der Waals surface area (Å²) >= 11 is -0.399. The molecule has 0 radical (unpaired) electrons. The Morgan fingerprint density at radius 2 is 1.00 bits per heavy atom. The maximum atomic E-state index is 2.44. The van der Waals surface area contributed by atoms with Crippen molar-refractivity contribution in [2.24, 2.45) is 0 Å². The van der Waals surface area contributed by atoms with Crippen molar-refractivity contribution in [3.63, 3.8) is 0 Å². The predicted molar refractivity (Wildman–Crippen MR) is 91.0 cm³/mol. The molecule has 0 N–H and O–H groups in total. The summed E-state index contributed by atoms with van der Waals surface area (Å²) in [4.78, 5) is 0. The van der Waals surface area contributed by atoms with Crippen LogP contribution in [0.3, 0.4) is 0 Å². The summed E-state index contributed by atoms with van der Waals surface area (Å²) in [5.74, 6) is 1.43. The Hall–Kier alpha value is 0.908. The maximum absolute atomic E-state index is 2.44. The third kappa shape index (κ3) is 16.9. The van der Waals surface area contributed by atoms with Gasteiger partial charge in [-0.15, -0.1) is 0 Å². The van der Waals surface area contributed by atoms with Crippen molar-refractivity contribution in [1.82, 2.24) is 0 Å². The number of rotatable bonds is 14. The van der Waals surface area contributed by atoms with Crippen LogP contribution in [0.2, 0.25) is 11.4 Å². The zero-order chi connectivity index (χ0) is 13.5. The summed E-state index contributed by atoms with van der Waals surface area (Å²) in [5, 5.41) is 0. The molecular formula is C16H35AsS. The van der Waals surface area contributed by atoms with E-state index in [0.717, 1.165) is 0 Å². The zero-order valence-corrected chi connectivity index (χ0v) is 15.7. The summed E-state index contributed by atoms with van der Waals surface area (Å²) in [5.41, 5.74) is 4.89. The number of unbranched alkanes of at least 4 members (excludes halogenated alkanes) is 11. The van der Waals surface area contributed by atoms with Crippen LogP contribution < -0.4 is 0 Å². The molecule has 0 rings (SSSR count). The van der Waals surface area contributed by atoms with Crippen molar-refractivity contribution in [2.45, 2.75) is 95.4 Å². The van der Waals surface area contributed by atoms with E-state index in [1.54, 1.807) is 0 Å². The molecule has 0 unspecified atom stereocenters. The van der Waals surface area contributed by atoms with E-state index in [-0.39, 0.29) is 0 Å². The Morgan fingerprint density at radius 1 is 0.611 bits per heavy atom. The second-order valence-electron chi connectivity index (χ2n) is 5.53. The summed E-state index contributed by atoms with van der Waals surface area (Å²) in [6.07, 6.45) is 17.6. The van der Waals surface area contributed by atoms with E-state index in [1.807, 2.05) is 0 Å². The monoisotopic (exact) mass is 334 g/mol. The topological polar surface area (TPSA) is 0 Å². The van der Waals surface area contributed by atoms with Gasteiger partial charge in [0.1, 0.15) is 0 Å². The second kappa shape index (κ2) is 16.0. The molecular weight excluding hydrogens is 299 g/mol. The third-order valence-corrected chi connectivity index (χ3v) is 8.73. The first-order valence-corrected chi connectivity index (χ1v) is 15.1. The normalized spacial score (nSPS) is 11.3. The minimum absolute atomic E-state index is 0.399. The molecule has 18 heavy (non-hydrogen) atoms. The van der Waals surface area contributed by atoms with Crippen molar-refractivity contribution in [1.29, 1.82) is 0 Å². The first kappa shape index (κ1) is 18.9. The Kier molecular flexibility index (Phi) is 16.8. The van der Waals surface area contributed by atoms with Crippen LogP contribution >= 0.6 is 10.0 Å². The Balaban J connectivity index is 2.90. The molecule has 0 aliphatic carbocycles. The van der Waals surface area contributed by atoms with Gasteiger partial charge in [-0.3, -0.25) is 0 Å². The summed E-state index contributed by atoms with van der Waals surface area (Å²) in [6.45, 7) is 2.29. The Labute approximate surface area is 124 Å². The van der Waals surface area contributed by atoms with Crippen LogP contribution in [0.5, 0.6) is 0 Å². The fraction of sp³-hybridized carbons (Fsp3) is 1.00. The van der Waals surface area contributed by atoms with Gasteiger partial charge in [0, 0.05) is 0 Å². The summed E-state index contributed by atoms with van der Waals surface area (Å²) in [6, 6.07) is 0. The number of hydrogen-bond acceptors (Lipinski definition) is 1. The quantitative estimate of drug-likeness (QED) is 0.252. The molecule has 0 bridgehead atoms. The van der Waals surface area contributed by atoms with E-state index in [0.29, 0.717) is 0 Å². The molecule has 0 fully saturated rings. The fourth-order valence-corrected chi connectivity index (χ4v) is 6.00. The van der Waals surface area contributed by atoms with Crippen LogP contribution in [0, 0.1) is 0 Å². The van der Waals surface area contributed by atoms with E-state index in [2.05, 4.69) is 28.4 Å². The molecule has 0 aromatic heterocycles. The molecule has 0 aromatic rings.